The van der Waals surface area contributed by atoms with Gasteiger partial charge in [0.2, 0.25) is 6.54 Å². The average Bonchev–Trinajstić information content (AvgIpc) is 2.78. The smallest absolute Gasteiger partial charge is 0.335 e. The summed E-state index contributed by atoms with van der Waals surface area (Å²) >= 11 is 0. The van der Waals surface area contributed by atoms with Gasteiger partial charge in [0.1, 0.15) is 0 Å². The van der Waals surface area contributed by atoms with Gasteiger partial charge in [0.15, 0.2) is 0 Å². The summed E-state index contributed by atoms with van der Waals surface area (Å²) in [7, 11) is 1.33. The maximum absolute atomic E-state index is 13.2. The molecular formula is C24H24NO4P. The topological polar surface area (TPSA) is 69.4 Å². The quantitative estimate of drug-likeness (QED) is 0.254. The molecule has 0 amide bonds. The second kappa shape index (κ2) is 9.55. The summed E-state index contributed by atoms with van der Waals surface area (Å²) in [6, 6.07) is 29.3. The molecule has 0 radical (unpaired) electrons. The SMILES string of the molecule is COC(=O)C(C(C)C[N+](=O)[O-])=P(c1ccccc1)(c1ccccc1)c1ccccc1. The maximum Gasteiger partial charge on any atom is 0.335 e. The summed E-state index contributed by atoms with van der Waals surface area (Å²) in [6.07, 6.45) is 0. The summed E-state index contributed by atoms with van der Waals surface area (Å²) in [5, 5.41) is 14.7. The van der Waals surface area contributed by atoms with Crippen molar-refractivity contribution >= 4 is 34.1 Å². The van der Waals surface area contributed by atoms with Crippen LogP contribution in [0, 0.1) is 16.0 Å². The van der Waals surface area contributed by atoms with Crippen molar-refractivity contribution in [1.82, 2.24) is 0 Å². The van der Waals surface area contributed by atoms with Crippen LogP contribution in [0.25, 0.3) is 0 Å². The lowest BCUT2D eigenvalue weighted by Gasteiger charge is -2.33. The molecule has 0 heterocycles. The van der Waals surface area contributed by atoms with Crippen LogP contribution in [-0.2, 0) is 9.53 Å². The molecule has 3 rings (SSSR count). The number of benzene rings is 3. The summed E-state index contributed by atoms with van der Waals surface area (Å²) in [4.78, 5) is 24.3. The van der Waals surface area contributed by atoms with E-state index in [-0.39, 0.29) is 11.5 Å². The first-order chi connectivity index (χ1) is 14.5. The number of hydrogen-bond acceptors (Lipinski definition) is 4. The number of nitrogens with zero attached hydrogens (tertiary/aromatic N) is 1. The summed E-state index contributed by atoms with van der Waals surface area (Å²) in [5.41, 5.74) is 0. The Morgan fingerprint density at radius 1 is 0.867 bits per heavy atom. The van der Waals surface area contributed by atoms with Gasteiger partial charge in [-0.15, -0.1) is 0 Å². The zero-order valence-electron chi connectivity index (χ0n) is 17.0. The highest BCUT2D eigenvalue weighted by molar-refractivity contribution is 7.96. The van der Waals surface area contributed by atoms with Gasteiger partial charge in [-0.2, -0.15) is 0 Å². The van der Waals surface area contributed by atoms with Crippen LogP contribution in [0.15, 0.2) is 91.0 Å². The first-order valence-corrected chi connectivity index (χ1v) is 11.4. The van der Waals surface area contributed by atoms with Gasteiger partial charge in [0.05, 0.1) is 18.3 Å². The van der Waals surface area contributed by atoms with Gasteiger partial charge in [0, 0.05) is 4.92 Å². The lowest BCUT2D eigenvalue weighted by atomic mass is 10.1. The van der Waals surface area contributed by atoms with Crippen LogP contribution in [-0.4, -0.2) is 29.8 Å². The lowest BCUT2D eigenvalue weighted by molar-refractivity contribution is -0.484. The van der Waals surface area contributed by atoms with Crippen molar-refractivity contribution in [3.8, 4) is 0 Å². The highest BCUT2D eigenvalue weighted by Gasteiger charge is 2.37. The molecule has 3 aromatic rings. The number of rotatable bonds is 7. The van der Waals surface area contributed by atoms with Crippen LogP contribution in [0.1, 0.15) is 6.92 Å². The molecule has 0 bridgehead atoms. The Hall–Kier alpha value is -3.17. The number of hydrogen-bond donors (Lipinski definition) is 0. The number of ether oxygens (including phenoxy) is 1. The molecule has 1 unspecified atom stereocenters. The highest BCUT2D eigenvalue weighted by Crippen LogP contribution is 2.48. The van der Waals surface area contributed by atoms with Gasteiger partial charge in [-0.05, 0) is 22.8 Å². The Morgan fingerprint density at radius 3 is 1.53 bits per heavy atom. The Balaban J connectivity index is 2.60. The molecule has 30 heavy (non-hydrogen) atoms. The van der Waals surface area contributed by atoms with E-state index in [2.05, 4.69) is 0 Å². The number of carbonyl (C=O) groups excluding carboxylic acids is 1. The fourth-order valence-corrected chi connectivity index (χ4v) is 8.60. The Labute approximate surface area is 176 Å². The fraction of sp³-hybridized carbons (Fsp3) is 0.167. The van der Waals surface area contributed by atoms with Crippen LogP contribution >= 0.6 is 6.89 Å². The van der Waals surface area contributed by atoms with Crippen molar-refractivity contribution in [2.45, 2.75) is 6.92 Å². The lowest BCUT2D eigenvalue weighted by Crippen LogP contribution is -2.38. The van der Waals surface area contributed by atoms with E-state index >= 15 is 0 Å². The van der Waals surface area contributed by atoms with E-state index in [0.29, 0.717) is 5.29 Å². The molecule has 0 N–H and O–H groups in total. The largest absolute Gasteiger partial charge is 0.466 e. The minimum Gasteiger partial charge on any atom is -0.466 e. The number of esters is 1. The van der Waals surface area contributed by atoms with Gasteiger partial charge in [0.25, 0.3) is 0 Å². The van der Waals surface area contributed by atoms with Crippen molar-refractivity contribution in [2.75, 3.05) is 13.7 Å². The first-order valence-electron chi connectivity index (χ1n) is 9.65. The molecule has 0 aliphatic rings. The van der Waals surface area contributed by atoms with Crippen LogP contribution in [0.2, 0.25) is 0 Å². The minimum absolute atomic E-state index is 0.349. The Bertz CT molecular complexity index is 963. The molecule has 3 aromatic carbocycles. The van der Waals surface area contributed by atoms with Crippen molar-refractivity contribution in [3.63, 3.8) is 0 Å². The van der Waals surface area contributed by atoms with E-state index in [1.165, 1.54) is 7.11 Å². The van der Waals surface area contributed by atoms with E-state index in [1.807, 2.05) is 91.0 Å². The molecule has 0 aliphatic heterocycles. The van der Waals surface area contributed by atoms with Crippen LogP contribution < -0.4 is 15.9 Å². The number of methoxy groups -OCH3 is 1. The maximum atomic E-state index is 13.2. The molecular weight excluding hydrogens is 397 g/mol. The summed E-state index contributed by atoms with van der Waals surface area (Å²) in [5.74, 6) is -1.12. The number of nitro groups is 1. The monoisotopic (exact) mass is 421 g/mol. The van der Waals surface area contributed by atoms with Crippen molar-refractivity contribution in [1.29, 1.82) is 0 Å². The molecule has 0 fully saturated rings. The third-order valence-corrected chi connectivity index (χ3v) is 9.64. The van der Waals surface area contributed by atoms with Crippen LogP contribution in [0.4, 0.5) is 0 Å². The zero-order valence-corrected chi connectivity index (χ0v) is 17.9. The van der Waals surface area contributed by atoms with Gasteiger partial charge < -0.3 is 4.74 Å². The first kappa shape index (κ1) is 21.5. The molecule has 154 valence electrons. The number of carbonyl (C=O) groups is 1. The van der Waals surface area contributed by atoms with Crippen LogP contribution in [0.3, 0.4) is 0 Å². The highest BCUT2D eigenvalue weighted by atomic mass is 31.2. The Kier molecular flexibility index (Phi) is 6.86. The van der Waals surface area contributed by atoms with Crippen molar-refractivity contribution in [3.05, 3.63) is 101 Å². The second-order valence-electron chi connectivity index (χ2n) is 6.97. The van der Waals surface area contributed by atoms with Gasteiger partial charge in [-0.3, -0.25) is 10.1 Å². The molecule has 0 spiro atoms. The van der Waals surface area contributed by atoms with Gasteiger partial charge >= 0.3 is 5.97 Å². The van der Waals surface area contributed by atoms with E-state index in [4.69, 9.17) is 4.74 Å². The third-order valence-electron chi connectivity index (χ3n) is 5.08. The molecule has 0 aromatic heterocycles. The van der Waals surface area contributed by atoms with Gasteiger partial charge in [-0.1, -0.05) is 97.9 Å². The molecule has 1 atom stereocenters. The standard InChI is InChI=1S/C24H24NO4P/c1-19(18-25(27)28)23(24(26)29-2)30(20-12-6-3-7-13-20,21-14-8-4-9-15-21)22-16-10-5-11-17-22/h3-17,19H,18H2,1-2H3. The van der Waals surface area contributed by atoms with Crippen LogP contribution in [0.5, 0.6) is 0 Å². The zero-order chi connectivity index (χ0) is 21.6. The fourth-order valence-electron chi connectivity index (χ4n) is 3.90. The van der Waals surface area contributed by atoms with E-state index in [9.17, 15) is 14.9 Å². The second-order valence-corrected chi connectivity index (χ2v) is 10.3. The van der Waals surface area contributed by atoms with E-state index in [1.54, 1.807) is 6.92 Å². The predicted molar refractivity (Wildman–Crippen MR) is 123 cm³/mol. The molecule has 6 heteroatoms. The molecule has 0 aliphatic carbocycles. The summed E-state index contributed by atoms with van der Waals surface area (Å²) in [6.45, 7) is -1.32. The Morgan fingerprint density at radius 2 is 1.23 bits per heavy atom. The average molecular weight is 421 g/mol. The van der Waals surface area contributed by atoms with Crippen molar-refractivity contribution < 1.29 is 14.5 Å². The molecule has 0 saturated carbocycles. The predicted octanol–water partition coefficient (Wildman–Crippen LogP) is 3.24. The van der Waals surface area contributed by atoms with Gasteiger partial charge in [-0.25, -0.2) is 4.79 Å². The van der Waals surface area contributed by atoms with E-state index < -0.39 is 18.8 Å². The van der Waals surface area contributed by atoms with Crippen molar-refractivity contribution in [2.24, 2.45) is 5.92 Å². The molecule has 0 saturated heterocycles. The molecule has 5 nitrogen and oxygen atoms in total. The third kappa shape index (κ3) is 4.07. The normalized spacial score (nSPS) is 12.1. The van der Waals surface area contributed by atoms with E-state index in [0.717, 1.165) is 15.9 Å². The minimum atomic E-state index is -2.71. The summed E-state index contributed by atoms with van der Waals surface area (Å²) < 4.78 is 5.21.